The minimum Gasteiger partial charge on any atom is -0.365 e. The van der Waals surface area contributed by atoms with Crippen LogP contribution in [0.2, 0.25) is 15.1 Å². The van der Waals surface area contributed by atoms with E-state index in [2.05, 4.69) is 19.2 Å². The second-order valence-corrected chi connectivity index (χ2v) is 8.73. The number of carbonyl (C=O) groups excluding carboxylic acids is 1. The zero-order chi connectivity index (χ0) is 21.3. The van der Waals surface area contributed by atoms with Gasteiger partial charge in [-0.05, 0) is 42.5 Å². The highest BCUT2D eigenvalue weighted by Gasteiger charge is 2.28. The second kappa shape index (κ2) is 8.78. The normalized spacial score (nSPS) is 19.1. The molecule has 2 aromatic rings. The lowest BCUT2D eigenvalue weighted by Crippen LogP contribution is -2.39. The average molecular weight is 457 g/mol. The number of nitrogens with one attached hydrogen (secondary N) is 1. The lowest BCUT2D eigenvalue weighted by Gasteiger charge is -2.36. The van der Waals surface area contributed by atoms with Crippen LogP contribution in [0.15, 0.2) is 30.3 Å². The molecule has 1 fully saturated rings. The number of carbonyl (C=O) groups is 1. The highest BCUT2D eigenvalue weighted by Crippen LogP contribution is 2.35. The van der Waals surface area contributed by atoms with Crippen molar-refractivity contribution in [1.29, 1.82) is 0 Å². The van der Waals surface area contributed by atoms with Crippen molar-refractivity contribution in [2.45, 2.75) is 20.3 Å². The summed E-state index contributed by atoms with van der Waals surface area (Å²) in [6, 6.07) is 7.36. The van der Waals surface area contributed by atoms with E-state index in [1.807, 2.05) is 4.90 Å². The van der Waals surface area contributed by atoms with Crippen LogP contribution in [-0.4, -0.2) is 23.9 Å². The standard InChI is InChI=1S/C20H20Cl3N3O3/c1-11-5-12(2)10-25(9-11)18-4-3-13(6-19(18)26(28)29)20(27)24-17-8-15(22)14(21)7-16(17)23/h3-4,6-8,11-12H,5,9-10H2,1-2H3,(H,24,27). The van der Waals surface area contributed by atoms with Crippen molar-refractivity contribution in [1.82, 2.24) is 0 Å². The third kappa shape index (κ3) is 4.94. The molecule has 1 aliphatic heterocycles. The molecule has 1 aliphatic rings. The summed E-state index contributed by atoms with van der Waals surface area (Å²) in [7, 11) is 0. The highest BCUT2D eigenvalue weighted by molar-refractivity contribution is 6.44. The topological polar surface area (TPSA) is 75.5 Å². The van der Waals surface area contributed by atoms with Gasteiger partial charge in [0.05, 0.1) is 25.7 Å². The molecule has 9 heteroatoms. The number of rotatable bonds is 4. The summed E-state index contributed by atoms with van der Waals surface area (Å²) in [5.74, 6) is 0.358. The first-order valence-electron chi connectivity index (χ1n) is 9.15. The summed E-state index contributed by atoms with van der Waals surface area (Å²) in [6.45, 7) is 5.76. The van der Waals surface area contributed by atoms with Crippen molar-refractivity contribution in [2.24, 2.45) is 11.8 Å². The molecule has 6 nitrogen and oxygen atoms in total. The van der Waals surface area contributed by atoms with Gasteiger partial charge in [0.1, 0.15) is 5.69 Å². The molecule has 0 radical (unpaired) electrons. The molecule has 1 amide bonds. The van der Waals surface area contributed by atoms with Crippen LogP contribution in [-0.2, 0) is 0 Å². The monoisotopic (exact) mass is 455 g/mol. The molecule has 1 heterocycles. The zero-order valence-corrected chi connectivity index (χ0v) is 18.2. The van der Waals surface area contributed by atoms with Crippen LogP contribution in [0.4, 0.5) is 17.1 Å². The first-order valence-corrected chi connectivity index (χ1v) is 10.3. The second-order valence-electron chi connectivity index (χ2n) is 7.51. The van der Waals surface area contributed by atoms with Crippen molar-refractivity contribution in [3.63, 3.8) is 0 Å². The predicted molar refractivity (Wildman–Crippen MR) is 118 cm³/mol. The quantitative estimate of drug-likeness (QED) is 0.333. The van der Waals surface area contributed by atoms with E-state index in [-0.39, 0.29) is 32.0 Å². The van der Waals surface area contributed by atoms with E-state index in [9.17, 15) is 14.9 Å². The smallest absolute Gasteiger partial charge is 0.293 e. The van der Waals surface area contributed by atoms with E-state index >= 15 is 0 Å². The molecule has 0 bridgehead atoms. The van der Waals surface area contributed by atoms with Gasteiger partial charge in [-0.2, -0.15) is 0 Å². The third-order valence-corrected chi connectivity index (χ3v) is 5.94. The van der Waals surface area contributed by atoms with E-state index in [0.717, 1.165) is 19.5 Å². The van der Waals surface area contributed by atoms with Crippen molar-refractivity contribution < 1.29 is 9.72 Å². The number of hydrogen-bond donors (Lipinski definition) is 1. The fourth-order valence-electron chi connectivity index (χ4n) is 3.75. The van der Waals surface area contributed by atoms with Crippen molar-refractivity contribution in [2.75, 3.05) is 23.3 Å². The van der Waals surface area contributed by atoms with E-state index < -0.39 is 10.8 Å². The van der Waals surface area contributed by atoms with Crippen LogP contribution in [0, 0.1) is 22.0 Å². The Morgan fingerprint density at radius 3 is 2.31 bits per heavy atom. The van der Waals surface area contributed by atoms with Gasteiger partial charge in [0, 0.05) is 24.7 Å². The Balaban J connectivity index is 1.89. The predicted octanol–water partition coefficient (Wildman–Crippen LogP) is 6.29. The number of nitro benzene ring substituents is 1. The molecule has 2 atom stereocenters. The Bertz CT molecular complexity index is 957. The largest absolute Gasteiger partial charge is 0.365 e. The molecule has 1 saturated heterocycles. The van der Waals surface area contributed by atoms with Gasteiger partial charge in [0.25, 0.3) is 11.6 Å². The number of nitro groups is 1. The van der Waals surface area contributed by atoms with Gasteiger partial charge in [-0.25, -0.2) is 0 Å². The fourth-order valence-corrected chi connectivity index (χ4v) is 4.34. The molecule has 0 spiro atoms. The number of anilines is 2. The van der Waals surface area contributed by atoms with Crippen LogP contribution in [0.5, 0.6) is 0 Å². The molecule has 0 saturated carbocycles. The highest BCUT2D eigenvalue weighted by atomic mass is 35.5. The van der Waals surface area contributed by atoms with Crippen LogP contribution >= 0.6 is 34.8 Å². The summed E-state index contributed by atoms with van der Waals surface area (Å²) >= 11 is 18.0. The Morgan fingerprint density at radius 2 is 1.69 bits per heavy atom. The first-order chi connectivity index (χ1) is 13.7. The fraction of sp³-hybridized carbons (Fsp3) is 0.350. The maximum Gasteiger partial charge on any atom is 0.293 e. The van der Waals surface area contributed by atoms with Gasteiger partial charge in [0.2, 0.25) is 0 Å². The minimum absolute atomic E-state index is 0.0980. The first kappa shape index (κ1) is 21.7. The molecular formula is C20H20Cl3N3O3. The number of nitrogens with zero attached hydrogens (tertiary/aromatic N) is 2. The molecule has 1 N–H and O–H groups in total. The maximum atomic E-state index is 12.6. The van der Waals surface area contributed by atoms with Crippen molar-refractivity contribution in [3.8, 4) is 0 Å². The lowest BCUT2D eigenvalue weighted by molar-refractivity contribution is -0.384. The van der Waals surface area contributed by atoms with Crippen molar-refractivity contribution in [3.05, 3.63) is 61.1 Å². The lowest BCUT2D eigenvalue weighted by atomic mass is 9.91. The van der Waals surface area contributed by atoms with E-state index in [4.69, 9.17) is 34.8 Å². The summed E-state index contributed by atoms with van der Waals surface area (Å²) < 4.78 is 0. The van der Waals surface area contributed by atoms with Crippen LogP contribution in [0.25, 0.3) is 0 Å². The molecule has 3 rings (SSSR count). The summed E-state index contributed by atoms with van der Waals surface area (Å²) in [5.41, 5.74) is 0.855. The Morgan fingerprint density at radius 1 is 1.07 bits per heavy atom. The molecule has 2 unspecified atom stereocenters. The van der Waals surface area contributed by atoms with Gasteiger partial charge >= 0.3 is 0 Å². The van der Waals surface area contributed by atoms with Gasteiger partial charge in [0.15, 0.2) is 0 Å². The van der Waals surface area contributed by atoms with E-state index in [1.165, 1.54) is 18.2 Å². The average Bonchev–Trinajstić information content (AvgIpc) is 2.64. The van der Waals surface area contributed by atoms with E-state index in [1.54, 1.807) is 12.1 Å². The van der Waals surface area contributed by atoms with Crippen LogP contribution in [0.1, 0.15) is 30.6 Å². The van der Waals surface area contributed by atoms with E-state index in [0.29, 0.717) is 17.5 Å². The number of benzene rings is 2. The molecule has 0 aromatic heterocycles. The molecular weight excluding hydrogens is 437 g/mol. The Labute approximate surface area is 183 Å². The third-order valence-electron chi connectivity index (χ3n) is 4.90. The summed E-state index contributed by atoms with van der Waals surface area (Å²) in [4.78, 5) is 25.9. The van der Waals surface area contributed by atoms with Crippen molar-refractivity contribution >= 4 is 57.8 Å². The number of amides is 1. The SMILES string of the molecule is CC1CC(C)CN(c2ccc(C(=O)Nc3cc(Cl)c(Cl)cc3Cl)cc2[N+](=O)[O-])C1. The van der Waals surface area contributed by atoms with Gasteiger partial charge in [-0.3, -0.25) is 14.9 Å². The molecule has 29 heavy (non-hydrogen) atoms. The molecule has 2 aromatic carbocycles. The number of halogens is 3. The zero-order valence-electron chi connectivity index (χ0n) is 15.9. The van der Waals surface area contributed by atoms with Crippen LogP contribution < -0.4 is 10.2 Å². The minimum atomic E-state index is -0.527. The van der Waals surface area contributed by atoms with Crippen LogP contribution in [0.3, 0.4) is 0 Å². The number of piperidine rings is 1. The van der Waals surface area contributed by atoms with Gasteiger partial charge in [-0.15, -0.1) is 0 Å². The Kier molecular flexibility index (Phi) is 6.56. The summed E-state index contributed by atoms with van der Waals surface area (Å²) in [6.07, 6.45) is 1.09. The molecule has 0 aliphatic carbocycles. The summed E-state index contributed by atoms with van der Waals surface area (Å²) in [5, 5.41) is 15.0. The number of hydrogen-bond acceptors (Lipinski definition) is 4. The van der Waals surface area contributed by atoms with Gasteiger partial charge in [-0.1, -0.05) is 48.7 Å². The maximum absolute atomic E-state index is 12.6. The molecule has 154 valence electrons. The van der Waals surface area contributed by atoms with Gasteiger partial charge < -0.3 is 10.2 Å². The Hall–Kier alpha value is -2.02.